The zero-order valence-corrected chi connectivity index (χ0v) is 18.5. The second-order valence-electron chi connectivity index (χ2n) is 8.59. The van der Waals surface area contributed by atoms with Gasteiger partial charge in [-0.05, 0) is 55.1 Å². The number of nitrogens with zero attached hydrogens (tertiary/aromatic N) is 1. The van der Waals surface area contributed by atoms with Crippen LogP contribution in [0.3, 0.4) is 0 Å². The maximum atomic E-state index is 13.0. The van der Waals surface area contributed by atoms with Gasteiger partial charge in [-0.2, -0.15) is 0 Å². The Morgan fingerprint density at radius 2 is 1.73 bits per heavy atom. The summed E-state index contributed by atoms with van der Waals surface area (Å²) in [7, 11) is 0. The van der Waals surface area contributed by atoms with Crippen LogP contribution in [0.1, 0.15) is 24.5 Å². The highest BCUT2D eigenvalue weighted by molar-refractivity contribution is 6.01. The third-order valence-electron chi connectivity index (χ3n) is 6.30. The van der Waals surface area contributed by atoms with Gasteiger partial charge in [-0.1, -0.05) is 42.5 Å². The Labute approximate surface area is 193 Å². The zero-order chi connectivity index (χ0) is 22.6. The summed E-state index contributed by atoms with van der Waals surface area (Å²) in [6, 6.07) is 18.4. The maximum absolute atomic E-state index is 13.0. The van der Waals surface area contributed by atoms with Gasteiger partial charge in [0.1, 0.15) is 19.3 Å². The van der Waals surface area contributed by atoms with E-state index in [1.54, 1.807) is 6.07 Å². The highest BCUT2D eigenvalue weighted by Gasteiger charge is 2.28. The lowest BCUT2D eigenvalue weighted by Crippen LogP contribution is -2.48. The first-order valence-electron chi connectivity index (χ1n) is 11.5. The van der Waals surface area contributed by atoms with Crippen molar-refractivity contribution < 1.29 is 19.4 Å². The summed E-state index contributed by atoms with van der Waals surface area (Å²) in [6.07, 6.45) is 1.38. The molecule has 2 amide bonds. The lowest BCUT2D eigenvalue weighted by molar-refractivity contribution is 0.110. The van der Waals surface area contributed by atoms with E-state index >= 15 is 0 Å². The number of hydrogen-bond acceptors (Lipinski definition) is 5. The van der Waals surface area contributed by atoms with Gasteiger partial charge >= 0.3 is 6.03 Å². The Morgan fingerprint density at radius 1 is 0.970 bits per heavy atom. The van der Waals surface area contributed by atoms with E-state index in [4.69, 9.17) is 9.47 Å². The molecule has 2 atom stereocenters. The molecular formula is C26H29N3O4. The smallest absolute Gasteiger partial charge is 0.319 e. The van der Waals surface area contributed by atoms with Gasteiger partial charge in [0.15, 0.2) is 11.5 Å². The van der Waals surface area contributed by atoms with Crippen LogP contribution < -0.4 is 20.1 Å². The van der Waals surface area contributed by atoms with E-state index in [1.807, 2.05) is 54.6 Å². The van der Waals surface area contributed by atoms with Crippen LogP contribution in [0.25, 0.3) is 10.8 Å². The van der Waals surface area contributed by atoms with Crippen molar-refractivity contribution in [2.24, 2.45) is 0 Å². The standard InChI is InChI=1S/C26H29N3O4/c30-25(19-10-11-23-24(16-19)33-15-14-32-23)22(17-29-12-3-4-13-29)28-26(31)27-21-9-5-7-18-6-1-2-8-20(18)21/h1-2,5-11,16,22,25,30H,3-4,12-15,17H2,(H2,27,28,31). The number of rotatable bonds is 6. The van der Waals surface area contributed by atoms with Crippen molar-refractivity contribution in [3.8, 4) is 11.5 Å². The van der Waals surface area contributed by atoms with Gasteiger partial charge in [-0.3, -0.25) is 0 Å². The molecule has 0 spiro atoms. The SMILES string of the molecule is O=C(Nc1cccc2ccccc12)NC(CN1CCCC1)C(O)c1ccc2c(c1)OCCO2. The van der Waals surface area contributed by atoms with Crippen LogP contribution in [0.5, 0.6) is 11.5 Å². The molecule has 7 heteroatoms. The molecule has 3 N–H and O–H groups in total. The summed E-state index contributed by atoms with van der Waals surface area (Å²) >= 11 is 0. The molecule has 1 saturated heterocycles. The van der Waals surface area contributed by atoms with Gasteiger partial charge in [0.2, 0.25) is 0 Å². The number of likely N-dealkylation sites (tertiary alicyclic amines) is 1. The van der Waals surface area contributed by atoms with Crippen LogP contribution in [0.15, 0.2) is 60.7 Å². The van der Waals surface area contributed by atoms with Gasteiger partial charge in [-0.15, -0.1) is 0 Å². The molecule has 2 unspecified atom stereocenters. The first-order valence-corrected chi connectivity index (χ1v) is 11.5. The Kier molecular flexibility index (Phi) is 6.32. The number of carbonyl (C=O) groups is 1. The molecule has 3 aromatic rings. The second kappa shape index (κ2) is 9.68. The summed E-state index contributed by atoms with van der Waals surface area (Å²) in [5.74, 6) is 1.30. The van der Waals surface area contributed by atoms with Crippen molar-refractivity contribution in [1.82, 2.24) is 10.2 Å². The van der Waals surface area contributed by atoms with Gasteiger partial charge < -0.3 is 30.1 Å². The molecule has 2 aliphatic heterocycles. The Bertz CT molecular complexity index is 1120. The van der Waals surface area contributed by atoms with Crippen molar-refractivity contribution in [3.63, 3.8) is 0 Å². The number of ether oxygens (including phenoxy) is 2. The number of fused-ring (bicyclic) bond motifs is 2. The van der Waals surface area contributed by atoms with Crippen molar-refractivity contribution in [2.45, 2.75) is 25.0 Å². The van der Waals surface area contributed by atoms with Gasteiger partial charge in [-0.25, -0.2) is 4.79 Å². The minimum absolute atomic E-state index is 0.341. The fourth-order valence-corrected chi connectivity index (χ4v) is 4.61. The first-order chi connectivity index (χ1) is 16.2. The number of aliphatic hydroxyl groups is 1. The van der Waals surface area contributed by atoms with Crippen molar-refractivity contribution in [1.29, 1.82) is 0 Å². The molecule has 2 heterocycles. The molecule has 3 aromatic carbocycles. The number of carbonyl (C=O) groups excluding carboxylic acids is 1. The Morgan fingerprint density at radius 3 is 2.58 bits per heavy atom. The average molecular weight is 448 g/mol. The molecule has 33 heavy (non-hydrogen) atoms. The topological polar surface area (TPSA) is 83.1 Å². The molecule has 0 saturated carbocycles. The molecule has 2 aliphatic rings. The number of anilines is 1. The average Bonchev–Trinajstić information content (AvgIpc) is 3.36. The molecular weight excluding hydrogens is 418 g/mol. The van der Waals surface area contributed by atoms with Crippen LogP contribution >= 0.6 is 0 Å². The molecule has 7 nitrogen and oxygen atoms in total. The van der Waals surface area contributed by atoms with Crippen LogP contribution in [0.2, 0.25) is 0 Å². The lowest BCUT2D eigenvalue weighted by atomic mass is 10.0. The molecule has 0 radical (unpaired) electrons. The van der Waals surface area contributed by atoms with Crippen molar-refractivity contribution >= 4 is 22.5 Å². The summed E-state index contributed by atoms with van der Waals surface area (Å²) < 4.78 is 11.3. The van der Waals surface area contributed by atoms with E-state index < -0.39 is 12.1 Å². The number of nitrogens with one attached hydrogen (secondary N) is 2. The van der Waals surface area contributed by atoms with Crippen molar-refractivity contribution in [2.75, 3.05) is 38.2 Å². The zero-order valence-electron chi connectivity index (χ0n) is 18.5. The Balaban J connectivity index is 1.35. The van der Waals surface area contributed by atoms with Crippen molar-refractivity contribution in [3.05, 3.63) is 66.2 Å². The molecule has 0 aliphatic carbocycles. The van der Waals surface area contributed by atoms with Gasteiger partial charge in [0.05, 0.1) is 11.7 Å². The lowest BCUT2D eigenvalue weighted by Gasteiger charge is -2.29. The third kappa shape index (κ3) is 4.89. The minimum atomic E-state index is -0.889. The van der Waals surface area contributed by atoms with Crippen LogP contribution in [0.4, 0.5) is 10.5 Å². The monoisotopic (exact) mass is 447 g/mol. The predicted octanol–water partition coefficient (Wildman–Crippen LogP) is 3.93. The quantitative estimate of drug-likeness (QED) is 0.533. The number of benzene rings is 3. The number of amides is 2. The number of hydrogen-bond donors (Lipinski definition) is 3. The molecule has 0 bridgehead atoms. The fourth-order valence-electron chi connectivity index (χ4n) is 4.61. The van der Waals surface area contributed by atoms with E-state index in [1.165, 1.54) is 0 Å². The predicted molar refractivity (Wildman–Crippen MR) is 128 cm³/mol. The van der Waals surface area contributed by atoms with Gasteiger partial charge in [0, 0.05) is 11.9 Å². The molecule has 1 fully saturated rings. The van der Waals surface area contributed by atoms with E-state index in [2.05, 4.69) is 15.5 Å². The van der Waals surface area contributed by atoms with Crippen LogP contribution in [-0.4, -0.2) is 54.9 Å². The van der Waals surface area contributed by atoms with E-state index in [0.717, 1.165) is 42.4 Å². The van der Waals surface area contributed by atoms with Gasteiger partial charge in [0.25, 0.3) is 0 Å². The van der Waals surface area contributed by atoms with E-state index in [-0.39, 0.29) is 6.03 Å². The normalized spacial score (nSPS) is 17.5. The largest absolute Gasteiger partial charge is 0.486 e. The highest BCUT2D eigenvalue weighted by Crippen LogP contribution is 2.33. The van der Waals surface area contributed by atoms with E-state index in [9.17, 15) is 9.90 Å². The number of urea groups is 1. The van der Waals surface area contributed by atoms with Crippen LogP contribution in [-0.2, 0) is 0 Å². The molecule has 172 valence electrons. The third-order valence-corrected chi connectivity index (χ3v) is 6.30. The van der Waals surface area contributed by atoms with E-state index in [0.29, 0.717) is 36.8 Å². The van der Waals surface area contributed by atoms with Crippen LogP contribution in [0, 0.1) is 0 Å². The summed E-state index contributed by atoms with van der Waals surface area (Å²) in [5, 5.41) is 19.3. The number of aliphatic hydroxyl groups excluding tert-OH is 1. The summed E-state index contributed by atoms with van der Waals surface area (Å²) in [4.78, 5) is 15.3. The molecule has 5 rings (SSSR count). The second-order valence-corrected chi connectivity index (χ2v) is 8.59. The molecule has 0 aromatic heterocycles. The summed E-state index contributed by atoms with van der Waals surface area (Å²) in [5.41, 5.74) is 1.42. The highest BCUT2D eigenvalue weighted by atomic mass is 16.6. The fraction of sp³-hybridized carbons (Fsp3) is 0.346. The first kappa shape index (κ1) is 21.6. The summed E-state index contributed by atoms with van der Waals surface area (Å²) in [6.45, 7) is 3.50. The Hall–Kier alpha value is -3.29. The minimum Gasteiger partial charge on any atom is -0.486 e. The maximum Gasteiger partial charge on any atom is 0.319 e.